The van der Waals surface area contributed by atoms with E-state index in [4.69, 9.17) is 6.42 Å². The van der Waals surface area contributed by atoms with E-state index in [0.29, 0.717) is 6.04 Å². The quantitative estimate of drug-likeness (QED) is 0.656. The molecule has 3 atom stereocenters. The molecule has 0 heterocycles. The monoisotopic (exact) mass is 179 g/mol. The van der Waals surface area contributed by atoms with Crippen molar-refractivity contribution in [1.29, 1.82) is 0 Å². The van der Waals surface area contributed by atoms with Gasteiger partial charge in [0.25, 0.3) is 0 Å². The van der Waals surface area contributed by atoms with Gasteiger partial charge in [-0.05, 0) is 31.7 Å². The van der Waals surface area contributed by atoms with E-state index in [0.717, 1.165) is 18.3 Å². The average Bonchev–Trinajstić information content (AvgIpc) is 2.14. The summed E-state index contributed by atoms with van der Waals surface area (Å²) in [5.74, 6) is 4.47. The van der Waals surface area contributed by atoms with Gasteiger partial charge in [-0.1, -0.05) is 19.8 Å². The molecule has 0 aliphatic heterocycles. The van der Waals surface area contributed by atoms with Crippen LogP contribution in [0.3, 0.4) is 0 Å². The maximum atomic E-state index is 5.36. The summed E-state index contributed by atoms with van der Waals surface area (Å²) in [4.78, 5) is 0. The number of rotatable bonds is 3. The van der Waals surface area contributed by atoms with E-state index in [1.54, 1.807) is 0 Å². The van der Waals surface area contributed by atoms with Crippen molar-refractivity contribution in [2.75, 3.05) is 7.05 Å². The lowest BCUT2D eigenvalue weighted by molar-refractivity contribution is 0.230. The molecule has 0 amide bonds. The first-order chi connectivity index (χ1) is 6.27. The van der Waals surface area contributed by atoms with Crippen molar-refractivity contribution in [3.63, 3.8) is 0 Å². The van der Waals surface area contributed by atoms with Crippen LogP contribution in [0.1, 0.15) is 39.0 Å². The molecule has 0 bridgehead atoms. The number of nitrogens with one attached hydrogen (secondary N) is 1. The Balaban J connectivity index is 2.43. The van der Waals surface area contributed by atoms with Crippen LogP contribution in [-0.4, -0.2) is 13.1 Å². The summed E-state index contributed by atoms with van der Waals surface area (Å²) in [5.41, 5.74) is 0. The number of terminal acetylenes is 1. The van der Waals surface area contributed by atoms with E-state index in [2.05, 4.69) is 18.2 Å². The van der Waals surface area contributed by atoms with Gasteiger partial charge in [0.2, 0.25) is 0 Å². The van der Waals surface area contributed by atoms with Gasteiger partial charge >= 0.3 is 0 Å². The summed E-state index contributed by atoms with van der Waals surface area (Å²) in [6.45, 7) is 2.36. The van der Waals surface area contributed by atoms with Gasteiger partial charge in [-0.3, -0.25) is 0 Å². The Labute approximate surface area is 82.3 Å². The Kier molecular flexibility index (Phi) is 4.32. The van der Waals surface area contributed by atoms with Crippen molar-refractivity contribution in [3.05, 3.63) is 0 Å². The predicted octanol–water partition coefficient (Wildman–Crippen LogP) is 2.42. The second-order valence-electron chi connectivity index (χ2n) is 4.34. The molecule has 0 aromatic rings. The van der Waals surface area contributed by atoms with Crippen LogP contribution in [0.15, 0.2) is 0 Å². The van der Waals surface area contributed by atoms with Crippen molar-refractivity contribution in [3.8, 4) is 12.3 Å². The fourth-order valence-corrected chi connectivity index (χ4v) is 2.48. The molecular weight excluding hydrogens is 158 g/mol. The molecule has 1 nitrogen and oxygen atoms in total. The molecule has 0 spiro atoms. The van der Waals surface area contributed by atoms with Crippen molar-refractivity contribution in [1.82, 2.24) is 5.32 Å². The van der Waals surface area contributed by atoms with Gasteiger partial charge in [-0.2, -0.15) is 0 Å². The lowest BCUT2D eigenvalue weighted by Crippen LogP contribution is -2.35. The minimum absolute atomic E-state index is 0.549. The molecular formula is C12H21N. The molecule has 0 aromatic carbocycles. The lowest BCUT2D eigenvalue weighted by Gasteiger charge is -2.32. The molecule has 74 valence electrons. The van der Waals surface area contributed by atoms with Crippen LogP contribution in [0, 0.1) is 24.2 Å². The van der Waals surface area contributed by atoms with E-state index in [1.807, 2.05) is 7.05 Å². The van der Waals surface area contributed by atoms with Crippen LogP contribution in [0.5, 0.6) is 0 Å². The van der Waals surface area contributed by atoms with Gasteiger partial charge in [-0.25, -0.2) is 0 Å². The van der Waals surface area contributed by atoms with Crippen LogP contribution < -0.4 is 5.32 Å². The van der Waals surface area contributed by atoms with E-state index >= 15 is 0 Å². The van der Waals surface area contributed by atoms with Gasteiger partial charge in [0.15, 0.2) is 0 Å². The first kappa shape index (κ1) is 10.6. The van der Waals surface area contributed by atoms with Gasteiger partial charge in [0, 0.05) is 12.5 Å². The first-order valence-corrected chi connectivity index (χ1v) is 5.38. The predicted molar refractivity (Wildman–Crippen MR) is 57.4 cm³/mol. The standard InChI is InChI=1S/C12H21N/c1-4-6-12(13-3)11-8-5-7-10(2)9-11/h1,10-13H,5-9H2,2-3H3. The third kappa shape index (κ3) is 3.04. The second kappa shape index (κ2) is 5.29. The summed E-state index contributed by atoms with van der Waals surface area (Å²) in [7, 11) is 2.03. The molecule has 0 saturated heterocycles. The molecule has 1 heteroatoms. The zero-order chi connectivity index (χ0) is 9.68. The average molecular weight is 179 g/mol. The van der Waals surface area contributed by atoms with E-state index in [-0.39, 0.29) is 0 Å². The highest BCUT2D eigenvalue weighted by atomic mass is 14.9. The topological polar surface area (TPSA) is 12.0 Å². The third-order valence-corrected chi connectivity index (χ3v) is 3.25. The van der Waals surface area contributed by atoms with Crippen LogP contribution in [0.2, 0.25) is 0 Å². The maximum absolute atomic E-state index is 5.36. The van der Waals surface area contributed by atoms with Gasteiger partial charge in [0.05, 0.1) is 0 Å². The van der Waals surface area contributed by atoms with Gasteiger partial charge < -0.3 is 5.32 Å². The molecule has 1 rings (SSSR count). The van der Waals surface area contributed by atoms with Crippen molar-refractivity contribution < 1.29 is 0 Å². The molecule has 0 aromatic heterocycles. The van der Waals surface area contributed by atoms with Crippen LogP contribution in [-0.2, 0) is 0 Å². The molecule has 1 saturated carbocycles. The zero-order valence-corrected chi connectivity index (χ0v) is 8.84. The minimum Gasteiger partial charge on any atom is -0.316 e. The Morgan fingerprint density at radius 2 is 2.31 bits per heavy atom. The van der Waals surface area contributed by atoms with E-state index < -0.39 is 0 Å². The first-order valence-electron chi connectivity index (χ1n) is 5.38. The Bertz CT molecular complexity index is 180. The van der Waals surface area contributed by atoms with Crippen LogP contribution in [0.4, 0.5) is 0 Å². The van der Waals surface area contributed by atoms with Crippen molar-refractivity contribution in [2.45, 2.75) is 45.1 Å². The number of hydrogen-bond acceptors (Lipinski definition) is 1. The fraction of sp³-hybridized carbons (Fsp3) is 0.833. The van der Waals surface area contributed by atoms with Crippen molar-refractivity contribution in [2.24, 2.45) is 11.8 Å². The second-order valence-corrected chi connectivity index (χ2v) is 4.34. The third-order valence-electron chi connectivity index (χ3n) is 3.25. The lowest BCUT2D eigenvalue weighted by atomic mass is 9.78. The van der Waals surface area contributed by atoms with E-state index in [9.17, 15) is 0 Å². The highest BCUT2D eigenvalue weighted by Crippen LogP contribution is 2.31. The summed E-state index contributed by atoms with van der Waals surface area (Å²) in [5, 5.41) is 3.35. The highest BCUT2D eigenvalue weighted by molar-refractivity contribution is 4.93. The van der Waals surface area contributed by atoms with Crippen LogP contribution in [0.25, 0.3) is 0 Å². The van der Waals surface area contributed by atoms with Crippen LogP contribution >= 0.6 is 0 Å². The fourth-order valence-electron chi connectivity index (χ4n) is 2.48. The zero-order valence-electron chi connectivity index (χ0n) is 8.84. The smallest absolute Gasteiger partial charge is 0.0243 e. The SMILES string of the molecule is C#CCC(NC)C1CCCC(C)C1. The summed E-state index contributed by atoms with van der Waals surface area (Å²) < 4.78 is 0. The molecule has 1 aliphatic rings. The van der Waals surface area contributed by atoms with Crippen molar-refractivity contribution >= 4 is 0 Å². The Morgan fingerprint density at radius 3 is 2.85 bits per heavy atom. The normalized spacial score (nSPS) is 30.8. The summed E-state index contributed by atoms with van der Waals surface area (Å²) in [6.07, 6.45) is 11.7. The number of hydrogen-bond donors (Lipinski definition) is 1. The van der Waals surface area contributed by atoms with E-state index in [1.165, 1.54) is 25.7 Å². The Morgan fingerprint density at radius 1 is 1.54 bits per heavy atom. The minimum atomic E-state index is 0.549. The molecule has 1 aliphatic carbocycles. The largest absolute Gasteiger partial charge is 0.316 e. The molecule has 1 fully saturated rings. The molecule has 1 N–H and O–H groups in total. The summed E-state index contributed by atoms with van der Waals surface area (Å²) >= 11 is 0. The molecule has 0 radical (unpaired) electrons. The molecule has 3 unspecified atom stereocenters. The summed E-state index contributed by atoms with van der Waals surface area (Å²) in [6, 6.07) is 0.549. The van der Waals surface area contributed by atoms with Gasteiger partial charge in [-0.15, -0.1) is 12.3 Å². The molecule has 13 heavy (non-hydrogen) atoms. The maximum Gasteiger partial charge on any atom is 0.0243 e. The Hall–Kier alpha value is -0.480. The highest BCUT2D eigenvalue weighted by Gasteiger charge is 2.24. The van der Waals surface area contributed by atoms with Gasteiger partial charge in [0.1, 0.15) is 0 Å².